The van der Waals surface area contributed by atoms with Gasteiger partial charge < -0.3 is 5.32 Å². The van der Waals surface area contributed by atoms with Gasteiger partial charge in [-0.15, -0.1) is 0 Å². The topological polar surface area (TPSA) is 60.0 Å². The van der Waals surface area contributed by atoms with Gasteiger partial charge in [-0.1, -0.05) is 18.5 Å². The van der Waals surface area contributed by atoms with Crippen LogP contribution in [0.15, 0.2) is 36.8 Å². The molecule has 1 aliphatic heterocycles. The molecular formula is C23H24ClFN6. The van der Waals surface area contributed by atoms with Gasteiger partial charge in [-0.25, -0.2) is 8.91 Å². The Bertz CT molecular complexity index is 1240. The van der Waals surface area contributed by atoms with E-state index in [9.17, 15) is 4.39 Å². The molecule has 0 amide bonds. The first-order valence-corrected chi connectivity index (χ1v) is 10.9. The predicted molar refractivity (Wildman–Crippen MR) is 119 cm³/mol. The minimum Gasteiger partial charge on any atom is -0.309 e. The lowest BCUT2D eigenvalue weighted by atomic mass is 9.96. The molecule has 1 N–H and O–H groups in total. The van der Waals surface area contributed by atoms with Crippen molar-refractivity contribution in [1.82, 2.24) is 29.7 Å². The summed E-state index contributed by atoms with van der Waals surface area (Å²) in [5.41, 5.74) is 7.39. The number of pyridine rings is 2. The van der Waals surface area contributed by atoms with Crippen molar-refractivity contribution in [3.8, 4) is 11.3 Å². The highest BCUT2D eigenvalue weighted by molar-refractivity contribution is 6.34. The normalized spacial score (nSPS) is 14.7. The fraction of sp³-hybridized carbons (Fsp3) is 0.348. The van der Waals surface area contributed by atoms with Crippen molar-refractivity contribution in [2.75, 3.05) is 6.54 Å². The minimum atomic E-state index is -0.315. The fourth-order valence-corrected chi connectivity index (χ4v) is 4.60. The molecule has 1 unspecified atom stereocenters. The maximum absolute atomic E-state index is 13.2. The Morgan fingerprint density at radius 1 is 1.29 bits per heavy atom. The second-order valence-electron chi connectivity index (χ2n) is 8.20. The van der Waals surface area contributed by atoms with E-state index in [1.54, 1.807) is 12.3 Å². The van der Waals surface area contributed by atoms with Crippen molar-refractivity contribution < 1.29 is 4.39 Å². The first kappa shape index (κ1) is 20.2. The van der Waals surface area contributed by atoms with Gasteiger partial charge in [0.1, 0.15) is 5.82 Å². The van der Waals surface area contributed by atoms with Crippen LogP contribution < -0.4 is 5.32 Å². The molecule has 8 heteroatoms. The van der Waals surface area contributed by atoms with Crippen LogP contribution in [0, 0.1) is 12.7 Å². The number of hydrogen-bond acceptors (Lipinski definition) is 4. The van der Waals surface area contributed by atoms with E-state index < -0.39 is 0 Å². The molecule has 5 rings (SSSR count). The van der Waals surface area contributed by atoms with Gasteiger partial charge in [0.15, 0.2) is 0 Å². The Balaban J connectivity index is 1.50. The quantitative estimate of drug-likeness (QED) is 0.497. The number of nitrogens with one attached hydrogen (secondary N) is 1. The minimum absolute atomic E-state index is 0.193. The average molecular weight is 439 g/mol. The van der Waals surface area contributed by atoms with E-state index in [2.05, 4.69) is 40.0 Å². The van der Waals surface area contributed by atoms with Crippen LogP contribution in [-0.4, -0.2) is 30.9 Å². The van der Waals surface area contributed by atoms with Gasteiger partial charge in [0.2, 0.25) is 0 Å². The van der Waals surface area contributed by atoms with Crippen LogP contribution in [0.5, 0.6) is 0 Å². The van der Waals surface area contributed by atoms with E-state index in [1.165, 1.54) is 23.5 Å². The summed E-state index contributed by atoms with van der Waals surface area (Å²) in [7, 11) is 0. The van der Waals surface area contributed by atoms with Gasteiger partial charge in [0.25, 0.3) is 0 Å². The Morgan fingerprint density at radius 3 is 2.94 bits per heavy atom. The van der Waals surface area contributed by atoms with Crippen molar-refractivity contribution in [3.63, 3.8) is 0 Å². The molecule has 0 fully saturated rings. The highest BCUT2D eigenvalue weighted by atomic mass is 35.5. The molecule has 1 atom stereocenters. The van der Waals surface area contributed by atoms with Gasteiger partial charge in [-0.2, -0.15) is 10.2 Å². The Labute approximate surface area is 185 Å². The van der Waals surface area contributed by atoms with Crippen LogP contribution in [0.2, 0.25) is 5.02 Å². The first-order valence-electron chi connectivity index (χ1n) is 10.6. The van der Waals surface area contributed by atoms with Crippen LogP contribution in [0.3, 0.4) is 0 Å². The number of aromatic nitrogens is 5. The predicted octanol–water partition coefficient (Wildman–Crippen LogP) is 4.53. The molecule has 0 aromatic carbocycles. The third kappa shape index (κ3) is 3.72. The lowest BCUT2D eigenvalue weighted by molar-refractivity contribution is 0.475. The van der Waals surface area contributed by atoms with E-state index in [0.29, 0.717) is 5.02 Å². The van der Waals surface area contributed by atoms with E-state index >= 15 is 0 Å². The Morgan fingerprint density at radius 2 is 2.16 bits per heavy atom. The molecule has 0 saturated carbocycles. The number of rotatable bonds is 5. The second-order valence-corrected chi connectivity index (χ2v) is 8.61. The van der Waals surface area contributed by atoms with Crippen molar-refractivity contribution in [3.05, 3.63) is 70.1 Å². The summed E-state index contributed by atoms with van der Waals surface area (Å²) in [6, 6.07) is 5.40. The maximum Gasteiger partial charge on any atom is 0.141 e. The summed E-state index contributed by atoms with van der Waals surface area (Å²) < 4.78 is 17.2. The van der Waals surface area contributed by atoms with Gasteiger partial charge in [0, 0.05) is 30.5 Å². The summed E-state index contributed by atoms with van der Waals surface area (Å²) >= 11 is 6.47. The van der Waals surface area contributed by atoms with Crippen LogP contribution in [0.25, 0.3) is 16.8 Å². The molecule has 4 aromatic heterocycles. The highest BCUT2D eigenvalue weighted by Gasteiger charge is 2.20. The van der Waals surface area contributed by atoms with Crippen molar-refractivity contribution in [1.29, 1.82) is 0 Å². The molecule has 0 spiro atoms. The smallest absolute Gasteiger partial charge is 0.141 e. The molecule has 5 heterocycles. The van der Waals surface area contributed by atoms with E-state index in [-0.39, 0.29) is 11.7 Å². The van der Waals surface area contributed by atoms with E-state index in [4.69, 9.17) is 16.7 Å². The zero-order valence-corrected chi connectivity index (χ0v) is 18.3. The Kier molecular flexibility index (Phi) is 5.24. The molecular weight excluding hydrogens is 415 g/mol. The molecule has 1 aliphatic rings. The average Bonchev–Trinajstić information content (AvgIpc) is 3.32. The van der Waals surface area contributed by atoms with Crippen LogP contribution in [0.4, 0.5) is 4.39 Å². The lowest BCUT2D eigenvalue weighted by Crippen LogP contribution is -2.28. The van der Waals surface area contributed by atoms with Crippen molar-refractivity contribution >= 4 is 17.1 Å². The number of nitrogens with zero attached hydrogens (tertiary/aromatic N) is 5. The van der Waals surface area contributed by atoms with E-state index in [1.807, 2.05) is 10.7 Å². The fourth-order valence-electron chi connectivity index (χ4n) is 4.34. The lowest BCUT2D eigenvalue weighted by Gasteiger charge is -2.14. The molecule has 0 radical (unpaired) electrons. The van der Waals surface area contributed by atoms with Crippen LogP contribution in [-0.2, 0) is 19.5 Å². The zero-order chi connectivity index (χ0) is 21.5. The molecule has 4 aromatic rings. The second kappa shape index (κ2) is 8.05. The summed E-state index contributed by atoms with van der Waals surface area (Å²) in [5.74, 6) is -0.122. The van der Waals surface area contributed by atoms with Gasteiger partial charge in [0.05, 0.1) is 40.9 Å². The van der Waals surface area contributed by atoms with Gasteiger partial charge >= 0.3 is 0 Å². The van der Waals surface area contributed by atoms with Gasteiger partial charge in [-0.05, 0) is 55.0 Å². The molecule has 160 valence electrons. The number of aryl methyl sites for hydroxylation is 1. The number of hydrogen-bond donors (Lipinski definition) is 1. The zero-order valence-electron chi connectivity index (χ0n) is 17.6. The summed E-state index contributed by atoms with van der Waals surface area (Å²) in [6.07, 6.45) is 6.63. The molecule has 0 aliphatic carbocycles. The van der Waals surface area contributed by atoms with Crippen LogP contribution >= 0.6 is 11.6 Å². The monoisotopic (exact) mass is 438 g/mol. The summed E-state index contributed by atoms with van der Waals surface area (Å²) in [6.45, 7) is 6.88. The third-order valence-electron chi connectivity index (χ3n) is 6.13. The maximum atomic E-state index is 13.2. The van der Waals surface area contributed by atoms with Crippen molar-refractivity contribution in [2.24, 2.45) is 0 Å². The SMILES string of the molecule is Cc1c(-c2cc(CCC(C)c3ccc(F)cn3)c3c(Cl)cnn3c2)nn2c1CNCC2. The largest absolute Gasteiger partial charge is 0.309 e. The standard InChI is InChI=1S/C23H24ClFN6/c1-14(20-6-5-18(25)10-27-20)3-4-16-9-17(13-31-23(16)19(24)11-28-31)22-15(2)21-12-26-7-8-30(21)29-22/h5-6,9-11,13-14,26H,3-4,7-8,12H2,1-2H3. The molecule has 0 bridgehead atoms. The molecule has 31 heavy (non-hydrogen) atoms. The van der Waals surface area contributed by atoms with E-state index in [0.717, 1.165) is 60.5 Å². The number of fused-ring (bicyclic) bond motifs is 2. The summed E-state index contributed by atoms with van der Waals surface area (Å²) in [4.78, 5) is 4.24. The van der Waals surface area contributed by atoms with Crippen molar-refractivity contribution in [2.45, 2.75) is 45.7 Å². The Hall–Kier alpha value is -2.77. The molecule has 6 nitrogen and oxygen atoms in total. The van der Waals surface area contributed by atoms with Crippen LogP contribution in [0.1, 0.15) is 41.8 Å². The highest BCUT2D eigenvalue weighted by Crippen LogP contribution is 2.32. The summed E-state index contributed by atoms with van der Waals surface area (Å²) in [5, 5.41) is 13.4. The number of halogens is 2. The third-order valence-corrected chi connectivity index (χ3v) is 6.41. The molecule has 0 saturated heterocycles. The first-order chi connectivity index (χ1) is 15.0. The van der Waals surface area contributed by atoms with Gasteiger partial charge in [-0.3, -0.25) is 9.67 Å².